The van der Waals surface area contributed by atoms with Crippen LogP contribution in [0.5, 0.6) is 5.75 Å². The Kier molecular flexibility index (Phi) is 7.88. The smallest absolute Gasteiger partial charge is 0.272 e. The lowest BCUT2D eigenvalue weighted by Gasteiger charge is -2.23. The third-order valence-corrected chi connectivity index (χ3v) is 6.91. The molecular weight excluding hydrogens is 482 g/mol. The van der Waals surface area contributed by atoms with Crippen LogP contribution in [-0.2, 0) is 13.0 Å². The van der Waals surface area contributed by atoms with Gasteiger partial charge in [0.05, 0.1) is 18.5 Å². The molecule has 0 fully saturated rings. The zero-order chi connectivity index (χ0) is 27.2. The molecule has 5 rings (SSSR count). The van der Waals surface area contributed by atoms with Gasteiger partial charge in [0, 0.05) is 18.7 Å². The minimum absolute atomic E-state index is 0.0537. The van der Waals surface area contributed by atoms with E-state index in [9.17, 15) is 4.79 Å². The molecule has 0 bridgehead atoms. The molecule has 5 nitrogen and oxygen atoms in total. The van der Waals surface area contributed by atoms with Crippen molar-refractivity contribution in [2.75, 3.05) is 13.7 Å². The van der Waals surface area contributed by atoms with E-state index in [4.69, 9.17) is 9.84 Å². The van der Waals surface area contributed by atoms with Crippen LogP contribution in [0.15, 0.2) is 109 Å². The molecule has 0 radical (unpaired) electrons. The lowest BCUT2D eigenvalue weighted by molar-refractivity contribution is 0.0736. The number of hydrogen-bond acceptors (Lipinski definition) is 3. The number of methoxy groups -OCH3 is 1. The first-order valence-electron chi connectivity index (χ1n) is 13.2. The summed E-state index contributed by atoms with van der Waals surface area (Å²) in [5.41, 5.74) is 7.61. The van der Waals surface area contributed by atoms with Crippen molar-refractivity contribution in [3.05, 3.63) is 137 Å². The normalized spacial score (nSPS) is 10.8. The van der Waals surface area contributed by atoms with Crippen LogP contribution in [0.25, 0.3) is 16.9 Å². The monoisotopic (exact) mass is 515 g/mol. The molecule has 0 aliphatic rings. The van der Waals surface area contributed by atoms with Crippen molar-refractivity contribution >= 4 is 5.91 Å². The van der Waals surface area contributed by atoms with E-state index in [0.717, 1.165) is 40.2 Å². The number of hydrogen-bond donors (Lipinski definition) is 0. The quantitative estimate of drug-likeness (QED) is 0.211. The van der Waals surface area contributed by atoms with Crippen LogP contribution in [-0.4, -0.2) is 34.2 Å². The van der Waals surface area contributed by atoms with Gasteiger partial charge in [-0.05, 0) is 73.4 Å². The summed E-state index contributed by atoms with van der Waals surface area (Å²) in [5.74, 6) is 0.723. The maximum Gasteiger partial charge on any atom is 0.272 e. The summed E-state index contributed by atoms with van der Waals surface area (Å²) in [5, 5.41) is 4.95. The molecular formula is C34H33N3O2. The first-order chi connectivity index (χ1) is 19.0. The summed E-state index contributed by atoms with van der Waals surface area (Å²) in [6.07, 6.45) is 0.766. The highest BCUT2D eigenvalue weighted by Crippen LogP contribution is 2.27. The van der Waals surface area contributed by atoms with Crippen molar-refractivity contribution in [3.63, 3.8) is 0 Å². The van der Waals surface area contributed by atoms with Gasteiger partial charge in [0.25, 0.3) is 5.91 Å². The van der Waals surface area contributed by atoms with Gasteiger partial charge in [0.1, 0.15) is 11.4 Å². The summed E-state index contributed by atoms with van der Waals surface area (Å²) in [6.45, 7) is 5.23. The second-order valence-electron chi connectivity index (χ2n) is 9.79. The van der Waals surface area contributed by atoms with Crippen molar-refractivity contribution in [1.29, 1.82) is 0 Å². The van der Waals surface area contributed by atoms with Gasteiger partial charge in [0.15, 0.2) is 0 Å². The molecule has 0 aliphatic heterocycles. The molecule has 0 atom stereocenters. The molecule has 1 aromatic heterocycles. The van der Waals surface area contributed by atoms with E-state index in [1.807, 2.05) is 77.7 Å². The summed E-state index contributed by atoms with van der Waals surface area (Å²) in [6, 6.07) is 36.3. The lowest BCUT2D eigenvalue weighted by atomic mass is 10.1. The average molecular weight is 516 g/mol. The first-order valence-corrected chi connectivity index (χ1v) is 13.2. The Balaban J connectivity index is 1.56. The second-order valence-corrected chi connectivity index (χ2v) is 9.79. The molecule has 0 unspecified atom stereocenters. The summed E-state index contributed by atoms with van der Waals surface area (Å²) >= 11 is 0. The van der Waals surface area contributed by atoms with E-state index in [2.05, 4.69) is 50.2 Å². The molecule has 0 spiro atoms. The van der Waals surface area contributed by atoms with Gasteiger partial charge in [-0.1, -0.05) is 78.4 Å². The highest BCUT2D eigenvalue weighted by Gasteiger charge is 2.24. The Bertz CT molecular complexity index is 1540. The second kappa shape index (κ2) is 11.8. The van der Waals surface area contributed by atoms with Gasteiger partial charge in [-0.2, -0.15) is 5.10 Å². The van der Waals surface area contributed by atoms with Gasteiger partial charge >= 0.3 is 0 Å². The van der Waals surface area contributed by atoms with Crippen LogP contribution in [0.1, 0.15) is 32.7 Å². The SMILES string of the molecule is COc1ccc(-c2cc(C(=O)N(CCc3ccccc3)Cc3ccccc3)n(-c3ccc(C)cc3C)n2)cc1. The van der Waals surface area contributed by atoms with E-state index in [0.29, 0.717) is 18.8 Å². The average Bonchev–Trinajstić information content (AvgIpc) is 3.41. The zero-order valence-electron chi connectivity index (χ0n) is 22.7. The van der Waals surface area contributed by atoms with Crippen molar-refractivity contribution < 1.29 is 9.53 Å². The molecule has 4 aromatic carbocycles. The molecule has 0 saturated heterocycles. The minimum Gasteiger partial charge on any atom is -0.497 e. The maximum atomic E-state index is 14.3. The fraction of sp³-hybridized carbons (Fsp3) is 0.176. The number of amides is 1. The summed E-state index contributed by atoms with van der Waals surface area (Å²) in [7, 11) is 1.65. The minimum atomic E-state index is -0.0537. The fourth-order valence-corrected chi connectivity index (χ4v) is 4.79. The molecule has 0 aliphatic carbocycles. The molecule has 0 N–H and O–H groups in total. The molecule has 0 saturated carbocycles. The lowest BCUT2D eigenvalue weighted by Crippen LogP contribution is -2.34. The molecule has 5 aromatic rings. The molecule has 196 valence electrons. The molecule has 39 heavy (non-hydrogen) atoms. The number of aryl methyl sites for hydroxylation is 2. The van der Waals surface area contributed by atoms with E-state index in [1.54, 1.807) is 11.8 Å². The van der Waals surface area contributed by atoms with Gasteiger partial charge < -0.3 is 9.64 Å². The van der Waals surface area contributed by atoms with E-state index < -0.39 is 0 Å². The van der Waals surface area contributed by atoms with Crippen LogP contribution in [0.2, 0.25) is 0 Å². The maximum absolute atomic E-state index is 14.3. The predicted octanol–water partition coefficient (Wildman–Crippen LogP) is 7.05. The Morgan fingerprint density at radius 3 is 2.13 bits per heavy atom. The summed E-state index contributed by atoms with van der Waals surface area (Å²) < 4.78 is 7.14. The van der Waals surface area contributed by atoms with Crippen molar-refractivity contribution in [3.8, 4) is 22.7 Å². The highest BCUT2D eigenvalue weighted by atomic mass is 16.5. The Labute approximate surface area is 230 Å². The van der Waals surface area contributed by atoms with E-state index >= 15 is 0 Å². The Morgan fingerprint density at radius 1 is 0.821 bits per heavy atom. The number of ether oxygens (including phenoxy) is 1. The first kappa shape index (κ1) is 26.0. The number of carbonyl (C=O) groups excluding carboxylic acids is 1. The van der Waals surface area contributed by atoms with Crippen LogP contribution in [0.4, 0.5) is 0 Å². The van der Waals surface area contributed by atoms with Crippen LogP contribution >= 0.6 is 0 Å². The Hall–Kier alpha value is -4.64. The van der Waals surface area contributed by atoms with E-state index in [1.165, 1.54) is 11.1 Å². The fourth-order valence-electron chi connectivity index (χ4n) is 4.79. The number of nitrogens with zero attached hydrogens (tertiary/aromatic N) is 3. The van der Waals surface area contributed by atoms with Gasteiger partial charge in [-0.3, -0.25) is 4.79 Å². The molecule has 1 heterocycles. The molecule has 1 amide bonds. The van der Waals surface area contributed by atoms with Gasteiger partial charge in [-0.15, -0.1) is 0 Å². The standard InChI is InChI=1S/C34H33N3O2/c1-25-14-19-32(26(2)22-25)37-33(23-31(35-37)29-15-17-30(39-3)18-16-29)34(38)36(24-28-12-8-5-9-13-28)21-20-27-10-6-4-7-11-27/h4-19,22-23H,20-21,24H2,1-3H3. The van der Waals surface area contributed by atoms with Crippen molar-refractivity contribution in [2.45, 2.75) is 26.8 Å². The zero-order valence-corrected chi connectivity index (χ0v) is 22.7. The predicted molar refractivity (Wildman–Crippen MR) is 156 cm³/mol. The van der Waals surface area contributed by atoms with Crippen molar-refractivity contribution in [2.24, 2.45) is 0 Å². The van der Waals surface area contributed by atoms with Crippen LogP contribution in [0, 0.1) is 13.8 Å². The largest absolute Gasteiger partial charge is 0.497 e. The topological polar surface area (TPSA) is 47.4 Å². The third kappa shape index (κ3) is 6.10. The number of benzene rings is 4. The number of carbonyl (C=O) groups is 1. The Morgan fingerprint density at radius 2 is 1.49 bits per heavy atom. The third-order valence-electron chi connectivity index (χ3n) is 6.91. The summed E-state index contributed by atoms with van der Waals surface area (Å²) in [4.78, 5) is 16.3. The molecule has 5 heteroatoms. The van der Waals surface area contributed by atoms with Gasteiger partial charge in [-0.25, -0.2) is 4.68 Å². The van der Waals surface area contributed by atoms with Crippen LogP contribution < -0.4 is 4.74 Å². The van der Waals surface area contributed by atoms with Crippen molar-refractivity contribution in [1.82, 2.24) is 14.7 Å². The van der Waals surface area contributed by atoms with E-state index in [-0.39, 0.29) is 5.91 Å². The number of aromatic nitrogens is 2. The van der Waals surface area contributed by atoms with Crippen LogP contribution in [0.3, 0.4) is 0 Å². The number of rotatable bonds is 9. The van der Waals surface area contributed by atoms with Gasteiger partial charge in [0.2, 0.25) is 0 Å². The highest BCUT2D eigenvalue weighted by molar-refractivity contribution is 5.94.